The van der Waals surface area contributed by atoms with Crippen molar-refractivity contribution >= 4 is 16.7 Å². The van der Waals surface area contributed by atoms with E-state index in [1.807, 2.05) is 0 Å². The second kappa shape index (κ2) is 5.85. The van der Waals surface area contributed by atoms with Crippen molar-refractivity contribution in [3.05, 3.63) is 58.9 Å². The number of halogens is 2. The van der Waals surface area contributed by atoms with Crippen molar-refractivity contribution < 1.29 is 8.78 Å². The molecule has 2 heterocycles. The summed E-state index contributed by atoms with van der Waals surface area (Å²) < 4.78 is 29.2. The Bertz CT molecular complexity index is 901. The first-order valence-electron chi connectivity index (χ1n) is 7.06. The lowest BCUT2D eigenvalue weighted by Gasteiger charge is -2.05. The Hall–Kier alpha value is -2.67. The lowest BCUT2D eigenvalue weighted by atomic mass is 10.1. The van der Waals surface area contributed by atoms with Gasteiger partial charge < -0.3 is 11.1 Å². The average Bonchev–Trinajstić information content (AvgIpc) is 2.87. The Morgan fingerprint density at radius 1 is 1.26 bits per heavy atom. The number of hydrogen-bond donors (Lipinski definition) is 2. The molecule has 0 saturated carbocycles. The molecule has 0 amide bonds. The molecule has 0 radical (unpaired) electrons. The Kier molecular flexibility index (Phi) is 3.87. The molecule has 23 heavy (non-hydrogen) atoms. The van der Waals surface area contributed by atoms with Crippen LogP contribution >= 0.6 is 0 Å². The summed E-state index contributed by atoms with van der Waals surface area (Å²) >= 11 is 0. The fourth-order valence-electron chi connectivity index (χ4n) is 2.38. The van der Waals surface area contributed by atoms with Crippen molar-refractivity contribution in [1.82, 2.24) is 14.8 Å². The molecule has 2 aromatic heterocycles. The summed E-state index contributed by atoms with van der Waals surface area (Å²) in [6, 6.07) is 7.63. The highest BCUT2D eigenvalue weighted by atomic mass is 19.1. The number of pyridine rings is 1. The third kappa shape index (κ3) is 2.70. The highest BCUT2D eigenvalue weighted by Crippen LogP contribution is 2.21. The molecular weight excluding hydrogens is 300 g/mol. The maximum absolute atomic E-state index is 13.9. The van der Waals surface area contributed by atoms with Crippen molar-refractivity contribution in [2.75, 3.05) is 6.54 Å². The van der Waals surface area contributed by atoms with Gasteiger partial charge in [0.05, 0.1) is 23.3 Å². The van der Waals surface area contributed by atoms with Crippen LogP contribution in [0.25, 0.3) is 11.0 Å². The van der Waals surface area contributed by atoms with Crippen molar-refractivity contribution in [1.29, 1.82) is 5.41 Å². The highest BCUT2D eigenvalue weighted by Gasteiger charge is 2.18. The van der Waals surface area contributed by atoms with Crippen LogP contribution in [0.4, 0.5) is 8.78 Å². The average molecular weight is 315 g/mol. The maximum atomic E-state index is 13.9. The van der Waals surface area contributed by atoms with Gasteiger partial charge >= 0.3 is 0 Å². The molecule has 118 valence electrons. The summed E-state index contributed by atoms with van der Waals surface area (Å²) in [5.74, 6) is -0.834. The summed E-state index contributed by atoms with van der Waals surface area (Å²) in [7, 11) is 0. The quantitative estimate of drug-likeness (QED) is 0.725. The van der Waals surface area contributed by atoms with Crippen molar-refractivity contribution in [3.8, 4) is 0 Å². The summed E-state index contributed by atoms with van der Waals surface area (Å²) in [5.41, 5.74) is 6.91. The van der Waals surface area contributed by atoms with Crippen LogP contribution in [0.15, 0.2) is 30.3 Å². The molecule has 0 saturated heterocycles. The van der Waals surface area contributed by atoms with E-state index in [1.165, 1.54) is 16.8 Å². The van der Waals surface area contributed by atoms with Gasteiger partial charge in [0.15, 0.2) is 5.65 Å². The Labute approximate surface area is 131 Å². The van der Waals surface area contributed by atoms with Crippen LogP contribution in [0.2, 0.25) is 0 Å². The van der Waals surface area contributed by atoms with E-state index in [0.29, 0.717) is 16.6 Å². The fourth-order valence-corrected chi connectivity index (χ4v) is 2.38. The number of benzene rings is 1. The lowest BCUT2D eigenvalue weighted by molar-refractivity contribution is 0.587. The maximum Gasteiger partial charge on any atom is 0.159 e. The van der Waals surface area contributed by atoms with E-state index in [2.05, 4.69) is 10.1 Å². The van der Waals surface area contributed by atoms with E-state index in [0.717, 1.165) is 0 Å². The summed E-state index contributed by atoms with van der Waals surface area (Å²) in [6.45, 7) is 1.66. The zero-order valence-corrected chi connectivity index (χ0v) is 12.5. The summed E-state index contributed by atoms with van der Waals surface area (Å²) in [4.78, 5) is 4.20. The molecule has 0 fully saturated rings. The van der Waals surface area contributed by atoms with Crippen LogP contribution in [0, 0.1) is 24.0 Å². The van der Waals surface area contributed by atoms with Crippen LogP contribution in [0.3, 0.4) is 0 Å². The topological polar surface area (TPSA) is 80.6 Å². The van der Waals surface area contributed by atoms with Gasteiger partial charge in [-0.15, -0.1) is 0 Å². The first kappa shape index (κ1) is 15.2. The van der Waals surface area contributed by atoms with Gasteiger partial charge in [-0.25, -0.2) is 18.4 Å². The predicted molar refractivity (Wildman–Crippen MR) is 83.6 cm³/mol. The smallest absolute Gasteiger partial charge is 0.159 e. The van der Waals surface area contributed by atoms with Gasteiger partial charge in [-0.05, 0) is 19.1 Å². The Morgan fingerprint density at radius 2 is 2.00 bits per heavy atom. The standard InChI is InChI=1S/C16H15F2N5/c1-9-13(18)6-11-15(14(20)7-19)22-23(16(11)21-9)8-10-4-2-3-5-12(10)17/h2-6,20H,7-8,19H2,1H3. The lowest BCUT2D eigenvalue weighted by Crippen LogP contribution is -2.15. The zero-order chi connectivity index (χ0) is 16.6. The second-order valence-corrected chi connectivity index (χ2v) is 5.21. The number of rotatable bonds is 4. The second-order valence-electron chi connectivity index (χ2n) is 5.21. The minimum Gasteiger partial charge on any atom is -0.325 e. The number of nitrogens with zero attached hydrogens (tertiary/aromatic N) is 3. The first-order valence-corrected chi connectivity index (χ1v) is 7.06. The molecule has 3 aromatic rings. The normalized spacial score (nSPS) is 11.1. The van der Waals surface area contributed by atoms with Gasteiger partial charge in [0.1, 0.15) is 17.3 Å². The van der Waals surface area contributed by atoms with Gasteiger partial charge in [0, 0.05) is 12.1 Å². The van der Waals surface area contributed by atoms with E-state index in [1.54, 1.807) is 25.1 Å². The summed E-state index contributed by atoms with van der Waals surface area (Å²) in [6.07, 6.45) is 0. The monoisotopic (exact) mass is 315 g/mol. The Balaban J connectivity index is 2.18. The zero-order valence-electron chi connectivity index (χ0n) is 12.5. The minimum absolute atomic E-state index is 0.0265. The number of aromatic nitrogens is 3. The van der Waals surface area contributed by atoms with Crippen molar-refractivity contribution in [2.45, 2.75) is 13.5 Å². The molecule has 0 aliphatic heterocycles. The summed E-state index contributed by atoms with van der Waals surface area (Å²) in [5, 5.41) is 12.6. The SMILES string of the molecule is Cc1nc2c(cc1F)c(C(=N)CN)nn2Cc1ccccc1F. The van der Waals surface area contributed by atoms with Crippen LogP contribution in [0.5, 0.6) is 0 Å². The molecule has 0 unspecified atom stereocenters. The number of hydrogen-bond acceptors (Lipinski definition) is 4. The van der Waals surface area contributed by atoms with E-state index in [9.17, 15) is 8.78 Å². The minimum atomic E-state index is -0.478. The molecule has 0 bridgehead atoms. The molecule has 0 aliphatic carbocycles. The van der Waals surface area contributed by atoms with Crippen LogP contribution < -0.4 is 5.73 Å². The molecule has 3 rings (SSSR count). The third-order valence-corrected chi connectivity index (χ3v) is 3.62. The van der Waals surface area contributed by atoms with Crippen LogP contribution in [0.1, 0.15) is 17.0 Å². The predicted octanol–water partition coefficient (Wildman–Crippen LogP) is 2.39. The Morgan fingerprint density at radius 3 is 2.70 bits per heavy atom. The van der Waals surface area contributed by atoms with E-state index < -0.39 is 5.82 Å². The number of nitrogens with two attached hydrogens (primary N) is 1. The largest absolute Gasteiger partial charge is 0.325 e. The van der Waals surface area contributed by atoms with Gasteiger partial charge in [-0.2, -0.15) is 5.10 Å². The first-order chi connectivity index (χ1) is 11.0. The fraction of sp³-hybridized carbons (Fsp3) is 0.188. The van der Waals surface area contributed by atoms with Gasteiger partial charge in [0.25, 0.3) is 0 Å². The molecular formula is C16H15F2N5. The number of aryl methyl sites for hydroxylation is 1. The molecule has 0 spiro atoms. The van der Waals surface area contributed by atoms with Gasteiger partial charge in [0.2, 0.25) is 0 Å². The molecule has 5 nitrogen and oxygen atoms in total. The van der Waals surface area contributed by atoms with E-state index in [4.69, 9.17) is 11.1 Å². The van der Waals surface area contributed by atoms with E-state index >= 15 is 0 Å². The van der Waals surface area contributed by atoms with Crippen molar-refractivity contribution in [3.63, 3.8) is 0 Å². The molecule has 1 aromatic carbocycles. The molecule has 3 N–H and O–H groups in total. The molecule has 0 atom stereocenters. The molecule has 7 heteroatoms. The number of nitrogens with one attached hydrogen (secondary N) is 1. The van der Waals surface area contributed by atoms with Crippen molar-refractivity contribution in [2.24, 2.45) is 5.73 Å². The van der Waals surface area contributed by atoms with Crippen LogP contribution in [-0.2, 0) is 6.54 Å². The van der Waals surface area contributed by atoms with E-state index in [-0.39, 0.29) is 36.0 Å². The molecule has 0 aliphatic rings. The number of fused-ring (bicyclic) bond motifs is 1. The van der Waals surface area contributed by atoms with Gasteiger partial charge in [-0.3, -0.25) is 0 Å². The van der Waals surface area contributed by atoms with Crippen LogP contribution in [-0.4, -0.2) is 27.0 Å². The highest BCUT2D eigenvalue weighted by molar-refractivity contribution is 6.07. The van der Waals surface area contributed by atoms with Gasteiger partial charge in [-0.1, -0.05) is 18.2 Å². The third-order valence-electron chi connectivity index (χ3n) is 3.62.